The molecule has 2 aliphatic heterocycles. The van der Waals surface area contributed by atoms with Crippen LogP contribution in [-0.2, 0) is 30.5 Å². The van der Waals surface area contributed by atoms with Gasteiger partial charge in [-0.25, -0.2) is 19.2 Å². The van der Waals surface area contributed by atoms with Crippen LogP contribution < -0.4 is 0 Å². The van der Waals surface area contributed by atoms with Gasteiger partial charge >= 0.3 is 44.9 Å². The van der Waals surface area contributed by atoms with Gasteiger partial charge in [0.25, 0.3) is 0 Å². The summed E-state index contributed by atoms with van der Waals surface area (Å²) in [4.78, 5) is 43.3. The molecule has 0 bridgehead atoms. The number of carbonyl (C=O) groups excluding carboxylic acids is 4. The molecular weight excluding hydrogens is 544 g/mol. The molecule has 2 heterocycles. The summed E-state index contributed by atoms with van der Waals surface area (Å²) in [5, 5.41) is 0. The van der Waals surface area contributed by atoms with Gasteiger partial charge in [0.05, 0.1) is 22.3 Å². The number of fused-ring (bicyclic) bond motifs is 2. The van der Waals surface area contributed by atoms with E-state index in [-0.39, 0.29) is 35.9 Å². The third-order valence-electron chi connectivity index (χ3n) is 3.10. The summed E-state index contributed by atoms with van der Waals surface area (Å²) in [5.74, 6) is -2.20. The zero-order valence-electron chi connectivity index (χ0n) is 17.5. The van der Waals surface area contributed by atoms with Crippen LogP contribution in [0.25, 0.3) is 0 Å². The number of ether oxygens (including phenoxy) is 2. The van der Waals surface area contributed by atoms with Crippen molar-refractivity contribution in [2.75, 3.05) is 0 Å². The first-order chi connectivity index (χ1) is 12.6. The van der Waals surface area contributed by atoms with Crippen molar-refractivity contribution >= 4 is 23.9 Å². The number of hydrogen-bond acceptors (Lipinski definition) is 6. The summed E-state index contributed by atoms with van der Waals surface area (Å²) >= 11 is 0. The van der Waals surface area contributed by atoms with E-state index in [2.05, 4.69) is 9.47 Å². The predicted molar refractivity (Wildman–Crippen MR) is 108 cm³/mol. The third kappa shape index (κ3) is 7.39. The maximum absolute atomic E-state index is 10.8. The predicted octanol–water partition coefficient (Wildman–Crippen LogP) is 4.94. The van der Waals surface area contributed by atoms with Crippen LogP contribution in [0.4, 0.5) is 0 Å². The molecule has 0 saturated carbocycles. The molecule has 0 N–H and O–H groups in total. The van der Waals surface area contributed by atoms with Gasteiger partial charge in [-0.15, -0.1) is 0 Å². The van der Waals surface area contributed by atoms with Crippen molar-refractivity contribution < 1.29 is 49.7 Å². The minimum Gasteiger partial charge on any atom is -0.386 e. The second kappa shape index (κ2) is 15.3. The number of benzene rings is 2. The summed E-state index contributed by atoms with van der Waals surface area (Å²) in [6.45, 7) is 8.00. The molecule has 29 heavy (non-hydrogen) atoms. The fourth-order valence-corrected chi connectivity index (χ4v) is 2.07. The number of hydrogen-bond donors (Lipinski definition) is 0. The molecule has 6 nitrogen and oxygen atoms in total. The molecule has 0 saturated heterocycles. The Morgan fingerprint density at radius 3 is 0.828 bits per heavy atom. The Bertz CT molecular complexity index is 694. The molecule has 4 rings (SSSR count). The van der Waals surface area contributed by atoms with Crippen LogP contribution >= 0.6 is 0 Å². The number of rotatable bonds is 0. The van der Waals surface area contributed by atoms with Gasteiger partial charge in [-0.1, -0.05) is 52.0 Å². The summed E-state index contributed by atoms with van der Waals surface area (Å²) in [6, 6.07) is 13.1. The molecule has 0 atom stereocenters. The molecule has 0 aromatic heterocycles. The van der Waals surface area contributed by atoms with Crippen LogP contribution in [0.5, 0.6) is 0 Å². The standard InChI is InChI=1S/2C8H4O3.2C2H6.2CH3.W/c2*9-7-5-3-1-2-4-6(5)8(10)11-7;2*1-2;;;/h2*1-4H;2*1-2H3;2*1H3;/q;;;;2*-1;+2. The van der Waals surface area contributed by atoms with Crippen molar-refractivity contribution in [1.29, 1.82) is 0 Å². The molecule has 2 aliphatic rings. The van der Waals surface area contributed by atoms with Crippen LogP contribution in [0.3, 0.4) is 0 Å². The molecule has 0 amide bonds. The van der Waals surface area contributed by atoms with Gasteiger partial charge in [0.1, 0.15) is 0 Å². The number of cyclic esters (lactones) is 4. The number of carbonyl (C=O) groups is 4. The second-order valence-corrected chi connectivity index (χ2v) is 4.45. The Kier molecular flexibility index (Phi) is 16.5. The van der Waals surface area contributed by atoms with E-state index in [1.165, 1.54) is 0 Å². The van der Waals surface area contributed by atoms with E-state index in [4.69, 9.17) is 0 Å². The van der Waals surface area contributed by atoms with Crippen molar-refractivity contribution in [3.8, 4) is 0 Å². The molecule has 0 fully saturated rings. The first-order valence-electron chi connectivity index (χ1n) is 8.29. The van der Waals surface area contributed by atoms with Crippen molar-refractivity contribution in [3.05, 3.63) is 85.6 Å². The van der Waals surface area contributed by atoms with Crippen molar-refractivity contribution in [3.63, 3.8) is 0 Å². The Balaban J connectivity index is -0.000000366. The fraction of sp³-hybridized carbons (Fsp3) is 0.182. The molecule has 156 valence electrons. The van der Waals surface area contributed by atoms with E-state index in [1.807, 2.05) is 27.7 Å². The van der Waals surface area contributed by atoms with E-state index in [1.54, 1.807) is 48.5 Å². The molecule has 0 aliphatic carbocycles. The number of esters is 4. The van der Waals surface area contributed by atoms with Crippen molar-refractivity contribution in [1.82, 2.24) is 0 Å². The van der Waals surface area contributed by atoms with Gasteiger partial charge in [0.2, 0.25) is 0 Å². The van der Waals surface area contributed by atoms with E-state index in [0.717, 1.165) is 0 Å². The zero-order chi connectivity index (χ0) is 19.7. The van der Waals surface area contributed by atoms with Crippen molar-refractivity contribution in [2.24, 2.45) is 0 Å². The van der Waals surface area contributed by atoms with Crippen LogP contribution in [0.1, 0.15) is 69.1 Å². The average molecular weight is 570 g/mol. The van der Waals surface area contributed by atoms with Gasteiger partial charge in [-0.2, -0.15) is 0 Å². The first kappa shape index (κ1) is 31.1. The van der Waals surface area contributed by atoms with Gasteiger partial charge in [-0.05, 0) is 24.3 Å². The van der Waals surface area contributed by atoms with Gasteiger partial charge < -0.3 is 24.3 Å². The normalized spacial score (nSPS) is 11.4. The Hall–Kier alpha value is -2.59. The fourth-order valence-electron chi connectivity index (χ4n) is 2.07. The van der Waals surface area contributed by atoms with Crippen LogP contribution in [0.15, 0.2) is 48.5 Å². The molecule has 0 spiro atoms. The average Bonchev–Trinajstić information content (AvgIpc) is 3.15. The molecule has 0 radical (unpaired) electrons. The second-order valence-electron chi connectivity index (χ2n) is 4.45. The summed E-state index contributed by atoms with van der Waals surface area (Å²) in [6.07, 6.45) is 0. The molecule has 2 aromatic rings. The quantitative estimate of drug-likeness (QED) is 0.253. The third-order valence-corrected chi connectivity index (χ3v) is 3.10. The molecule has 2 aromatic carbocycles. The summed E-state index contributed by atoms with van der Waals surface area (Å²) in [5.41, 5.74) is 1.44. The largest absolute Gasteiger partial charge is 2.00 e. The van der Waals surface area contributed by atoms with Crippen LogP contribution in [0.2, 0.25) is 0 Å². The van der Waals surface area contributed by atoms with Crippen molar-refractivity contribution in [2.45, 2.75) is 27.7 Å². The maximum atomic E-state index is 10.8. The maximum Gasteiger partial charge on any atom is 2.00 e. The zero-order valence-corrected chi connectivity index (χ0v) is 20.4. The summed E-state index contributed by atoms with van der Waals surface area (Å²) in [7, 11) is 0. The minimum atomic E-state index is -0.550. The van der Waals surface area contributed by atoms with E-state index in [0.29, 0.717) is 22.3 Å². The van der Waals surface area contributed by atoms with E-state index in [9.17, 15) is 19.2 Å². The summed E-state index contributed by atoms with van der Waals surface area (Å²) < 4.78 is 8.71. The van der Waals surface area contributed by atoms with Crippen LogP contribution in [-0.4, -0.2) is 23.9 Å². The monoisotopic (exact) mass is 570 g/mol. The Labute approximate surface area is 186 Å². The Morgan fingerprint density at radius 2 is 0.655 bits per heavy atom. The minimum absolute atomic E-state index is 0. The van der Waals surface area contributed by atoms with Crippen LogP contribution in [0, 0.1) is 14.9 Å². The Morgan fingerprint density at radius 1 is 0.483 bits per heavy atom. The first-order valence-corrected chi connectivity index (χ1v) is 8.29. The molecule has 7 heteroatoms. The van der Waals surface area contributed by atoms with Gasteiger partial charge in [0, 0.05) is 0 Å². The SMILES string of the molecule is CC.CC.O=C1OC(=O)c2ccccc21.O=C1OC(=O)c2ccccc21.[CH3-].[CH3-].[W+2]. The molecular formula is C22H26O6W. The van der Waals surface area contributed by atoms with E-state index < -0.39 is 23.9 Å². The smallest absolute Gasteiger partial charge is 0.386 e. The van der Waals surface area contributed by atoms with Gasteiger partial charge in [0.15, 0.2) is 0 Å². The van der Waals surface area contributed by atoms with E-state index >= 15 is 0 Å². The molecule has 0 unspecified atom stereocenters. The van der Waals surface area contributed by atoms with Gasteiger partial charge in [-0.3, -0.25) is 0 Å². The topological polar surface area (TPSA) is 86.7 Å².